The molecular formula is C20H19N9. The maximum Gasteiger partial charge on any atom is 0.162 e. The number of hydrogen-bond donors (Lipinski definition) is 3. The monoisotopic (exact) mass is 385 g/mol. The summed E-state index contributed by atoms with van der Waals surface area (Å²) in [6.07, 6.45) is 9.48. The van der Waals surface area contributed by atoms with E-state index in [1.807, 2.05) is 18.2 Å². The van der Waals surface area contributed by atoms with Gasteiger partial charge in [-0.05, 0) is 37.2 Å². The van der Waals surface area contributed by atoms with Gasteiger partial charge in [0, 0.05) is 42.1 Å². The molecule has 4 aromatic heterocycles. The molecule has 0 spiro atoms. The highest BCUT2D eigenvalue weighted by atomic mass is 15.1. The summed E-state index contributed by atoms with van der Waals surface area (Å²) in [5, 5.41) is 11.1. The molecule has 144 valence electrons. The first kappa shape index (κ1) is 17.4. The topological polar surface area (TPSA) is 113 Å². The van der Waals surface area contributed by atoms with E-state index in [9.17, 15) is 0 Å². The standard InChI is InChI=1S/C20H19N9/c1-8-24-18(28-17-4-7-23-12-25-17)9-13(1)19-27-16-11-22-6-3-15(16)20(29-19)26-14-2-5-21-10-14/h1,3-4,6-9,11-12,14,21H,2,5,10H2,(H,26,27,29)(H,23,24,25,28). The Hall–Kier alpha value is -3.72. The maximum atomic E-state index is 4.82. The van der Waals surface area contributed by atoms with Gasteiger partial charge in [0.25, 0.3) is 0 Å². The minimum atomic E-state index is 0.349. The molecule has 5 rings (SSSR count). The third kappa shape index (κ3) is 3.81. The zero-order valence-electron chi connectivity index (χ0n) is 15.6. The molecule has 0 bridgehead atoms. The first-order valence-electron chi connectivity index (χ1n) is 9.44. The fourth-order valence-corrected chi connectivity index (χ4v) is 3.32. The van der Waals surface area contributed by atoms with Crippen molar-refractivity contribution in [2.45, 2.75) is 12.5 Å². The summed E-state index contributed by atoms with van der Waals surface area (Å²) in [6.45, 7) is 1.94. The number of nitrogens with one attached hydrogen (secondary N) is 3. The number of hydrogen-bond acceptors (Lipinski definition) is 9. The summed E-state index contributed by atoms with van der Waals surface area (Å²) in [6, 6.07) is 7.87. The van der Waals surface area contributed by atoms with Crippen molar-refractivity contribution in [3.8, 4) is 11.4 Å². The fraction of sp³-hybridized carbons (Fsp3) is 0.200. The molecule has 9 heteroatoms. The van der Waals surface area contributed by atoms with E-state index in [-0.39, 0.29) is 0 Å². The summed E-state index contributed by atoms with van der Waals surface area (Å²) >= 11 is 0. The van der Waals surface area contributed by atoms with E-state index in [1.165, 1.54) is 6.33 Å². The average Bonchev–Trinajstić information content (AvgIpc) is 3.28. The molecule has 29 heavy (non-hydrogen) atoms. The van der Waals surface area contributed by atoms with Crippen LogP contribution in [0.5, 0.6) is 0 Å². The molecule has 1 aliphatic heterocycles. The van der Waals surface area contributed by atoms with E-state index in [4.69, 9.17) is 9.97 Å². The Labute approximate surface area is 167 Å². The van der Waals surface area contributed by atoms with Crippen LogP contribution in [0.4, 0.5) is 17.5 Å². The molecular weight excluding hydrogens is 366 g/mol. The van der Waals surface area contributed by atoms with E-state index < -0.39 is 0 Å². The molecule has 1 unspecified atom stereocenters. The first-order valence-corrected chi connectivity index (χ1v) is 9.44. The molecule has 1 aliphatic rings. The van der Waals surface area contributed by atoms with E-state index >= 15 is 0 Å². The summed E-state index contributed by atoms with van der Waals surface area (Å²) in [4.78, 5) is 26.2. The quantitative estimate of drug-likeness (QED) is 0.476. The molecule has 0 aliphatic carbocycles. The van der Waals surface area contributed by atoms with Gasteiger partial charge < -0.3 is 16.0 Å². The number of rotatable bonds is 5. The Bertz CT molecular complexity index is 1130. The molecule has 3 N–H and O–H groups in total. The van der Waals surface area contributed by atoms with Crippen molar-refractivity contribution in [2.24, 2.45) is 0 Å². The van der Waals surface area contributed by atoms with Gasteiger partial charge in [0.05, 0.1) is 11.7 Å². The van der Waals surface area contributed by atoms with Crippen molar-refractivity contribution >= 4 is 28.4 Å². The highest BCUT2D eigenvalue weighted by molar-refractivity contribution is 5.90. The highest BCUT2D eigenvalue weighted by Gasteiger charge is 2.17. The lowest BCUT2D eigenvalue weighted by Crippen LogP contribution is -2.23. The number of anilines is 3. The van der Waals surface area contributed by atoms with E-state index in [1.54, 1.807) is 30.9 Å². The third-order valence-electron chi connectivity index (χ3n) is 4.76. The Kier molecular flexibility index (Phi) is 4.63. The molecule has 0 saturated carbocycles. The number of nitrogens with zero attached hydrogens (tertiary/aromatic N) is 6. The maximum absolute atomic E-state index is 4.82. The summed E-state index contributed by atoms with van der Waals surface area (Å²) in [5.41, 5.74) is 1.66. The van der Waals surface area contributed by atoms with Crippen LogP contribution >= 0.6 is 0 Å². The van der Waals surface area contributed by atoms with Gasteiger partial charge in [-0.25, -0.2) is 24.9 Å². The van der Waals surface area contributed by atoms with Crippen molar-refractivity contribution in [2.75, 3.05) is 23.7 Å². The lowest BCUT2D eigenvalue weighted by atomic mass is 10.2. The van der Waals surface area contributed by atoms with Crippen LogP contribution < -0.4 is 16.0 Å². The van der Waals surface area contributed by atoms with E-state index in [0.29, 0.717) is 23.5 Å². The van der Waals surface area contributed by atoms with Gasteiger partial charge in [-0.1, -0.05) is 0 Å². The van der Waals surface area contributed by atoms with Crippen molar-refractivity contribution in [1.82, 2.24) is 35.2 Å². The Morgan fingerprint density at radius 3 is 2.79 bits per heavy atom. The molecule has 1 fully saturated rings. The van der Waals surface area contributed by atoms with Gasteiger partial charge in [0.1, 0.15) is 23.8 Å². The van der Waals surface area contributed by atoms with Crippen molar-refractivity contribution < 1.29 is 0 Å². The van der Waals surface area contributed by atoms with Crippen LogP contribution in [0.25, 0.3) is 22.3 Å². The molecule has 4 aromatic rings. The van der Waals surface area contributed by atoms with Crippen LogP contribution in [-0.4, -0.2) is 49.0 Å². The lowest BCUT2D eigenvalue weighted by Gasteiger charge is -2.15. The van der Waals surface area contributed by atoms with Gasteiger partial charge in [0.2, 0.25) is 0 Å². The van der Waals surface area contributed by atoms with Crippen LogP contribution in [0.3, 0.4) is 0 Å². The van der Waals surface area contributed by atoms with Gasteiger partial charge in [-0.2, -0.15) is 0 Å². The summed E-state index contributed by atoms with van der Waals surface area (Å²) in [7, 11) is 0. The van der Waals surface area contributed by atoms with Gasteiger partial charge >= 0.3 is 0 Å². The minimum absolute atomic E-state index is 0.349. The van der Waals surface area contributed by atoms with Crippen molar-refractivity contribution in [3.05, 3.63) is 55.4 Å². The van der Waals surface area contributed by atoms with Crippen LogP contribution in [0.15, 0.2) is 55.4 Å². The molecule has 5 heterocycles. The highest BCUT2D eigenvalue weighted by Crippen LogP contribution is 2.26. The van der Waals surface area contributed by atoms with Crippen LogP contribution in [0, 0.1) is 0 Å². The fourth-order valence-electron chi connectivity index (χ4n) is 3.32. The number of pyridine rings is 2. The van der Waals surface area contributed by atoms with Crippen molar-refractivity contribution in [1.29, 1.82) is 0 Å². The Morgan fingerprint density at radius 1 is 0.966 bits per heavy atom. The number of fused-ring (bicyclic) bond motifs is 1. The zero-order chi connectivity index (χ0) is 19.5. The van der Waals surface area contributed by atoms with Crippen LogP contribution in [0.2, 0.25) is 0 Å². The molecule has 1 atom stereocenters. The number of aromatic nitrogens is 6. The molecule has 0 radical (unpaired) electrons. The Morgan fingerprint density at radius 2 is 1.93 bits per heavy atom. The predicted molar refractivity (Wildman–Crippen MR) is 111 cm³/mol. The second-order valence-corrected chi connectivity index (χ2v) is 6.77. The van der Waals surface area contributed by atoms with Gasteiger partial charge in [-0.3, -0.25) is 4.98 Å². The zero-order valence-corrected chi connectivity index (χ0v) is 15.6. The SMILES string of the molecule is c1cc(Nc2cc(-c3nc(NC4CCNC4)c4ccncc4n3)ccn2)ncn1. The molecule has 9 nitrogen and oxygen atoms in total. The summed E-state index contributed by atoms with van der Waals surface area (Å²) in [5.74, 6) is 2.77. The smallest absolute Gasteiger partial charge is 0.162 e. The second kappa shape index (κ2) is 7.72. The largest absolute Gasteiger partial charge is 0.365 e. The molecule has 0 aromatic carbocycles. The van der Waals surface area contributed by atoms with E-state index in [0.717, 1.165) is 41.8 Å². The normalized spacial score (nSPS) is 16.1. The second-order valence-electron chi connectivity index (χ2n) is 6.77. The van der Waals surface area contributed by atoms with Crippen molar-refractivity contribution in [3.63, 3.8) is 0 Å². The van der Waals surface area contributed by atoms with Crippen LogP contribution in [-0.2, 0) is 0 Å². The first-order chi connectivity index (χ1) is 14.3. The summed E-state index contributed by atoms with van der Waals surface area (Å²) < 4.78 is 0. The lowest BCUT2D eigenvalue weighted by molar-refractivity contribution is 0.789. The average molecular weight is 385 g/mol. The predicted octanol–water partition coefficient (Wildman–Crippen LogP) is 2.39. The van der Waals surface area contributed by atoms with Gasteiger partial charge in [0.15, 0.2) is 5.82 Å². The third-order valence-corrected chi connectivity index (χ3v) is 4.76. The van der Waals surface area contributed by atoms with Crippen LogP contribution in [0.1, 0.15) is 6.42 Å². The minimum Gasteiger partial charge on any atom is -0.365 e. The molecule has 1 saturated heterocycles. The van der Waals surface area contributed by atoms with Gasteiger partial charge in [-0.15, -0.1) is 0 Å². The Balaban J connectivity index is 1.52. The molecule has 0 amide bonds. The van der Waals surface area contributed by atoms with E-state index in [2.05, 4.69) is 35.9 Å².